The van der Waals surface area contributed by atoms with Gasteiger partial charge in [-0.05, 0) is 63.3 Å². The van der Waals surface area contributed by atoms with Crippen LogP contribution in [0.25, 0.3) is 5.69 Å². The van der Waals surface area contributed by atoms with E-state index < -0.39 is 12.2 Å². The number of carbonyl (C=O) groups excluding carboxylic acids is 2. The maximum absolute atomic E-state index is 13.4. The summed E-state index contributed by atoms with van der Waals surface area (Å²) in [6, 6.07) is 10.4. The summed E-state index contributed by atoms with van der Waals surface area (Å²) < 4.78 is 12.4. The Kier molecular flexibility index (Phi) is 7.84. The van der Waals surface area contributed by atoms with Gasteiger partial charge in [-0.15, -0.1) is 0 Å². The van der Waals surface area contributed by atoms with Gasteiger partial charge in [-0.25, -0.2) is 9.48 Å². The third-order valence-corrected chi connectivity index (χ3v) is 6.36. The number of alkyl carbamates (subject to hydrolysis) is 1. The number of amides is 2. The number of aryl methyl sites for hydroxylation is 2. The lowest BCUT2D eigenvalue weighted by atomic mass is 10.1. The highest BCUT2D eigenvalue weighted by Crippen LogP contribution is 2.35. The quantitative estimate of drug-likeness (QED) is 0.548. The molecule has 0 unspecified atom stereocenters. The van der Waals surface area contributed by atoms with E-state index in [1.165, 1.54) is 7.11 Å². The van der Waals surface area contributed by atoms with E-state index in [1.807, 2.05) is 21.7 Å². The molecule has 2 fully saturated rings. The van der Waals surface area contributed by atoms with Crippen LogP contribution in [0.5, 0.6) is 0 Å². The van der Waals surface area contributed by atoms with Crippen molar-refractivity contribution in [2.75, 3.05) is 33.4 Å². The van der Waals surface area contributed by atoms with Gasteiger partial charge in [0.05, 0.1) is 31.1 Å². The summed E-state index contributed by atoms with van der Waals surface area (Å²) in [6.07, 6.45) is 2.62. The number of nitrogens with zero attached hydrogens (tertiary/aromatic N) is 3. The molecule has 2 aliphatic rings. The Morgan fingerprint density at radius 2 is 2.18 bits per heavy atom. The highest BCUT2D eigenvalue weighted by atomic mass is 16.5. The molecule has 2 aromatic rings. The first-order valence-corrected chi connectivity index (χ1v) is 12.1. The van der Waals surface area contributed by atoms with Crippen molar-refractivity contribution in [2.24, 2.45) is 0 Å². The van der Waals surface area contributed by atoms with Gasteiger partial charge < -0.3 is 25.0 Å². The van der Waals surface area contributed by atoms with Crippen LogP contribution in [0.15, 0.2) is 30.3 Å². The molecule has 1 aliphatic carbocycles. The van der Waals surface area contributed by atoms with Crippen molar-refractivity contribution in [3.8, 4) is 5.69 Å². The summed E-state index contributed by atoms with van der Waals surface area (Å²) in [5.41, 5.74) is 4.04. The van der Waals surface area contributed by atoms with Crippen LogP contribution >= 0.6 is 0 Å². The number of hydrogen-bond acceptors (Lipinski definition) is 6. The Balaban J connectivity index is 1.57. The molecule has 9 nitrogen and oxygen atoms in total. The molecule has 1 aliphatic heterocycles. The first-order chi connectivity index (χ1) is 16.5. The van der Waals surface area contributed by atoms with Crippen LogP contribution in [0.3, 0.4) is 0 Å². The second-order valence-corrected chi connectivity index (χ2v) is 9.05. The van der Waals surface area contributed by atoms with Crippen LogP contribution in [0.4, 0.5) is 4.79 Å². The lowest BCUT2D eigenvalue weighted by molar-refractivity contribution is -0.148. The van der Waals surface area contributed by atoms with Crippen molar-refractivity contribution in [2.45, 2.75) is 57.7 Å². The highest BCUT2D eigenvalue weighted by Gasteiger charge is 2.40. The van der Waals surface area contributed by atoms with E-state index in [0.717, 1.165) is 54.9 Å². The van der Waals surface area contributed by atoms with Crippen LogP contribution in [-0.4, -0.2) is 72.2 Å². The van der Waals surface area contributed by atoms with Gasteiger partial charge in [0.1, 0.15) is 6.10 Å². The zero-order valence-corrected chi connectivity index (χ0v) is 20.3. The van der Waals surface area contributed by atoms with Gasteiger partial charge in [0.25, 0.3) is 5.91 Å². The first kappa shape index (κ1) is 24.2. The average molecular weight is 470 g/mol. The van der Waals surface area contributed by atoms with Crippen LogP contribution in [0.1, 0.15) is 49.2 Å². The minimum Gasteiger partial charge on any atom is -0.453 e. The van der Waals surface area contributed by atoms with Crippen molar-refractivity contribution in [1.29, 1.82) is 0 Å². The van der Waals surface area contributed by atoms with Crippen LogP contribution < -0.4 is 10.6 Å². The van der Waals surface area contributed by atoms with Crippen molar-refractivity contribution >= 4 is 12.0 Å². The molecule has 0 bridgehead atoms. The van der Waals surface area contributed by atoms with E-state index in [1.54, 1.807) is 0 Å². The highest BCUT2D eigenvalue weighted by molar-refractivity contribution is 5.82. The van der Waals surface area contributed by atoms with E-state index in [4.69, 9.17) is 9.84 Å². The van der Waals surface area contributed by atoms with Crippen LogP contribution in [-0.2, 0) is 20.7 Å². The topological polar surface area (TPSA) is 97.7 Å². The molecule has 1 saturated carbocycles. The number of hydrogen-bond donors (Lipinski definition) is 2. The van der Waals surface area contributed by atoms with Gasteiger partial charge in [-0.3, -0.25) is 4.79 Å². The van der Waals surface area contributed by atoms with Gasteiger partial charge in [-0.2, -0.15) is 5.10 Å². The standard InChI is InChI=1S/C25H35N5O4/c1-17-6-4-7-20(14-17)30-21(8-5-11-27-25(32)33-3)15-22(28-30)18(2)29(19-9-10-19)24(31)23-16-26-12-13-34-23/h4,6-7,14-15,18-19,23,26H,5,8-13,16H2,1-3H3,(H,27,32)/t18-,23-/m1/s1. The van der Waals surface area contributed by atoms with Crippen LogP contribution in [0.2, 0.25) is 0 Å². The number of morpholine rings is 1. The molecule has 2 amide bonds. The normalized spacial score (nSPS) is 18.9. The summed E-state index contributed by atoms with van der Waals surface area (Å²) in [5, 5.41) is 11.0. The van der Waals surface area contributed by atoms with E-state index in [0.29, 0.717) is 19.7 Å². The number of benzene rings is 1. The van der Waals surface area contributed by atoms with E-state index in [-0.39, 0.29) is 18.0 Å². The largest absolute Gasteiger partial charge is 0.453 e. The molecular weight excluding hydrogens is 434 g/mol. The van der Waals surface area contributed by atoms with Gasteiger partial charge in [0, 0.05) is 31.4 Å². The van der Waals surface area contributed by atoms with E-state index in [9.17, 15) is 9.59 Å². The lowest BCUT2D eigenvalue weighted by Crippen LogP contribution is -2.50. The predicted octanol–water partition coefficient (Wildman–Crippen LogP) is 2.51. The molecule has 1 aromatic carbocycles. The summed E-state index contributed by atoms with van der Waals surface area (Å²) in [4.78, 5) is 26.7. The molecule has 9 heteroatoms. The lowest BCUT2D eigenvalue weighted by Gasteiger charge is -2.33. The van der Waals surface area contributed by atoms with Crippen LogP contribution in [0, 0.1) is 6.92 Å². The van der Waals surface area contributed by atoms with E-state index >= 15 is 0 Å². The van der Waals surface area contributed by atoms with Gasteiger partial charge in [0.15, 0.2) is 0 Å². The fourth-order valence-corrected chi connectivity index (χ4v) is 4.41. The Hall–Kier alpha value is -2.91. The van der Waals surface area contributed by atoms with Gasteiger partial charge in [-0.1, -0.05) is 12.1 Å². The second kappa shape index (κ2) is 11.0. The fourth-order valence-electron chi connectivity index (χ4n) is 4.41. The summed E-state index contributed by atoms with van der Waals surface area (Å²) >= 11 is 0. The predicted molar refractivity (Wildman–Crippen MR) is 128 cm³/mol. The summed E-state index contributed by atoms with van der Waals surface area (Å²) in [6.45, 7) is 6.49. The van der Waals surface area contributed by atoms with Crippen molar-refractivity contribution < 1.29 is 19.1 Å². The molecule has 2 N–H and O–H groups in total. The molecule has 184 valence electrons. The minimum absolute atomic E-state index is 0.0381. The Morgan fingerprint density at radius 1 is 1.35 bits per heavy atom. The number of carbonyl (C=O) groups is 2. The molecular formula is C25H35N5O4. The maximum Gasteiger partial charge on any atom is 0.406 e. The van der Waals surface area contributed by atoms with Crippen molar-refractivity contribution in [1.82, 2.24) is 25.3 Å². The number of ether oxygens (including phenoxy) is 2. The minimum atomic E-state index is -0.445. The summed E-state index contributed by atoms with van der Waals surface area (Å²) in [5.74, 6) is 0.0381. The molecule has 34 heavy (non-hydrogen) atoms. The van der Waals surface area contributed by atoms with Crippen molar-refractivity contribution in [3.63, 3.8) is 0 Å². The fraction of sp³-hybridized carbons (Fsp3) is 0.560. The number of rotatable bonds is 9. The number of methoxy groups -OCH3 is 1. The monoisotopic (exact) mass is 469 g/mol. The molecule has 4 rings (SSSR count). The molecule has 0 spiro atoms. The Labute approximate surface area is 200 Å². The van der Waals surface area contributed by atoms with E-state index in [2.05, 4.69) is 47.4 Å². The van der Waals surface area contributed by atoms with Crippen molar-refractivity contribution in [3.05, 3.63) is 47.3 Å². The molecule has 1 aromatic heterocycles. The zero-order valence-electron chi connectivity index (χ0n) is 20.3. The second-order valence-electron chi connectivity index (χ2n) is 9.05. The number of aromatic nitrogens is 2. The third kappa shape index (κ3) is 5.77. The third-order valence-electron chi connectivity index (χ3n) is 6.36. The smallest absolute Gasteiger partial charge is 0.406 e. The summed E-state index contributed by atoms with van der Waals surface area (Å²) in [7, 11) is 1.36. The SMILES string of the molecule is COC(=O)NCCCc1cc([C@@H](C)N(C(=O)[C@H]2CNCCO2)C2CC2)nn1-c1cccc(C)c1. The molecule has 2 heterocycles. The molecule has 2 atom stereocenters. The van der Waals surface area contributed by atoms with Gasteiger partial charge in [0.2, 0.25) is 0 Å². The molecule has 1 saturated heterocycles. The Morgan fingerprint density at radius 3 is 2.85 bits per heavy atom. The average Bonchev–Trinajstić information content (AvgIpc) is 3.59. The zero-order chi connectivity index (χ0) is 24.1. The first-order valence-electron chi connectivity index (χ1n) is 12.1. The Bertz CT molecular complexity index is 997. The van der Waals surface area contributed by atoms with Gasteiger partial charge >= 0.3 is 6.09 Å². The number of nitrogens with one attached hydrogen (secondary N) is 2. The molecule has 0 radical (unpaired) electrons. The maximum atomic E-state index is 13.4.